The van der Waals surface area contributed by atoms with E-state index in [-0.39, 0.29) is 19.1 Å². The van der Waals surface area contributed by atoms with Gasteiger partial charge >= 0.3 is 12.0 Å². The van der Waals surface area contributed by atoms with Gasteiger partial charge in [0.1, 0.15) is 17.6 Å². The van der Waals surface area contributed by atoms with Crippen molar-refractivity contribution in [1.82, 2.24) is 10.6 Å². The van der Waals surface area contributed by atoms with Crippen LogP contribution in [0.4, 0.5) is 4.79 Å². The third-order valence-electron chi connectivity index (χ3n) is 2.56. The maximum Gasteiger partial charge on any atom is 0.326 e. The van der Waals surface area contributed by atoms with Gasteiger partial charge in [-0.2, -0.15) is 0 Å². The Bertz CT molecular complexity index is 443. The smallest absolute Gasteiger partial charge is 0.326 e. The van der Waals surface area contributed by atoms with Gasteiger partial charge in [-0.25, -0.2) is 9.59 Å². The lowest BCUT2D eigenvalue weighted by atomic mass is 10.2. The lowest BCUT2D eigenvalue weighted by molar-refractivity contribution is -0.139. The molecule has 1 aromatic heterocycles. The van der Waals surface area contributed by atoms with E-state index in [1.807, 2.05) is 0 Å². The molecule has 0 radical (unpaired) electrons. The number of carbonyl (C=O) groups is 2. The number of furan rings is 1. The number of rotatable bonds is 6. The van der Waals surface area contributed by atoms with Crippen molar-refractivity contribution in [3.05, 3.63) is 23.7 Å². The van der Waals surface area contributed by atoms with Crippen molar-refractivity contribution < 1.29 is 24.2 Å². The number of urea groups is 1. The van der Waals surface area contributed by atoms with Crippen molar-refractivity contribution in [3.8, 4) is 0 Å². The minimum absolute atomic E-state index is 0.0446. The van der Waals surface area contributed by atoms with Gasteiger partial charge in [0, 0.05) is 13.0 Å². The average Bonchev–Trinajstić information content (AvgIpc) is 2.75. The summed E-state index contributed by atoms with van der Waals surface area (Å²) in [5.74, 6) is 0.125. The summed E-state index contributed by atoms with van der Waals surface area (Å²) in [6.07, 6.45) is -0.0446. The molecule has 2 amide bonds. The van der Waals surface area contributed by atoms with E-state index in [0.717, 1.165) is 5.76 Å². The molecule has 0 saturated carbocycles. The highest BCUT2D eigenvalue weighted by Crippen LogP contribution is 2.15. The highest BCUT2D eigenvalue weighted by atomic mass is 16.4. The number of hydrogen-bond donors (Lipinski definition) is 4. The minimum Gasteiger partial charge on any atom is -0.480 e. The van der Waals surface area contributed by atoms with Crippen LogP contribution in [0.25, 0.3) is 0 Å². The van der Waals surface area contributed by atoms with E-state index >= 15 is 0 Å². The second-order valence-electron chi connectivity index (χ2n) is 4.19. The monoisotopic (exact) mass is 270 g/mol. The fourth-order valence-corrected chi connectivity index (χ4v) is 1.54. The fraction of sp³-hybridized carbons (Fsp3) is 0.500. The first-order chi connectivity index (χ1) is 8.93. The zero-order chi connectivity index (χ0) is 14.4. The highest BCUT2D eigenvalue weighted by Gasteiger charge is 2.20. The molecule has 1 unspecified atom stereocenters. The van der Waals surface area contributed by atoms with Gasteiger partial charge in [0.05, 0.1) is 6.04 Å². The normalized spacial score (nSPS) is 13.6. The van der Waals surface area contributed by atoms with Gasteiger partial charge in [-0.15, -0.1) is 0 Å². The lowest BCUT2D eigenvalue weighted by Gasteiger charge is -2.16. The third-order valence-corrected chi connectivity index (χ3v) is 2.56. The van der Waals surface area contributed by atoms with Gasteiger partial charge in [-0.05, 0) is 26.0 Å². The fourth-order valence-electron chi connectivity index (χ4n) is 1.54. The highest BCUT2D eigenvalue weighted by molar-refractivity contribution is 5.82. The molecule has 0 aromatic carbocycles. The number of amides is 2. The standard InChI is InChI=1S/C12H18N2O5/c1-7-3-4-10(19-7)8(2)13-12(18)14-9(5-6-15)11(16)17/h3-4,8-9,15H,5-6H2,1-2H3,(H,16,17)(H2,13,14,18)/t8?,9-/m1/s1. The van der Waals surface area contributed by atoms with Crippen LogP contribution in [0.2, 0.25) is 0 Å². The summed E-state index contributed by atoms with van der Waals surface area (Å²) in [4.78, 5) is 22.4. The van der Waals surface area contributed by atoms with Crippen LogP contribution < -0.4 is 10.6 Å². The van der Waals surface area contributed by atoms with Crippen molar-refractivity contribution in [3.63, 3.8) is 0 Å². The van der Waals surface area contributed by atoms with E-state index < -0.39 is 18.0 Å². The minimum atomic E-state index is -1.19. The summed E-state index contributed by atoms with van der Waals surface area (Å²) in [7, 11) is 0. The molecule has 1 rings (SSSR count). The van der Waals surface area contributed by atoms with Gasteiger partial charge in [-0.1, -0.05) is 0 Å². The first kappa shape index (κ1) is 15.0. The molecule has 4 N–H and O–H groups in total. The molecule has 0 aliphatic heterocycles. The molecule has 0 fully saturated rings. The predicted molar refractivity (Wildman–Crippen MR) is 66.7 cm³/mol. The molecule has 0 aliphatic rings. The molecular formula is C12H18N2O5. The van der Waals surface area contributed by atoms with Crippen LogP contribution >= 0.6 is 0 Å². The van der Waals surface area contributed by atoms with E-state index in [1.165, 1.54) is 0 Å². The van der Waals surface area contributed by atoms with Crippen LogP contribution in [0, 0.1) is 6.92 Å². The van der Waals surface area contributed by atoms with E-state index in [0.29, 0.717) is 5.76 Å². The summed E-state index contributed by atoms with van der Waals surface area (Å²) in [6, 6.07) is 1.40. The number of aliphatic hydroxyl groups is 1. The molecule has 0 aliphatic carbocycles. The van der Waals surface area contributed by atoms with Gasteiger partial charge in [-0.3, -0.25) is 0 Å². The molecule has 106 valence electrons. The Hall–Kier alpha value is -2.02. The Morgan fingerprint density at radius 2 is 2.05 bits per heavy atom. The Morgan fingerprint density at radius 1 is 1.37 bits per heavy atom. The summed E-state index contributed by atoms with van der Waals surface area (Å²) in [5, 5.41) is 22.4. The third kappa shape index (κ3) is 4.63. The van der Waals surface area contributed by atoms with Crippen LogP contribution in [-0.2, 0) is 4.79 Å². The molecule has 2 atom stereocenters. The first-order valence-corrected chi connectivity index (χ1v) is 5.91. The number of hydrogen-bond acceptors (Lipinski definition) is 4. The van der Waals surface area contributed by atoms with Crippen molar-refractivity contribution in [2.75, 3.05) is 6.61 Å². The second-order valence-corrected chi connectivity index (χ2v) is 4.19. The first-order valence-electron chi connectivity index (χ1n) is 5.91. The Kier molecular flexibility index (Phi) is 5.37. The Labute approximate surface area is 110 Å². The molecule has 7 heteroatoms. The molecule has 0 spiro atoms. The second kappa shape index (κ2) is 6.79. The van der Waals surface area contributed by atoms with Gasteiger partial charge in [0.25, 0.3) is 0 Å². The van der Waals surface area contributed by atoms with E-state index in [1.54, 1.807) is 26.0 Å². The molecule has 0 bridgehead atoms. The summed E-state index contributed by atoms with van der Waals surface area (Å²) < 4.78 is 5.35. The number of aliphatic hydroxyl groups excluding tert-OH is 1. The number of aryl methyl sites for hydroxylation is 1. The quantitative estimate of drug-likeness (QED) is 0.610. The van der Waals surface area contributed by atoms with E-state index in [2.05, 4.69) is 10.6 Å². The summed E-state index contributed by atoms with van der Waals surface area (Å²) in [6.45, 7) is 3.20. The predicted octanol–water partition coefficient (Wildman–Crippen LogP) is 0.784. The zero-order valence-corrected chi connectivity index (χ0v) is 10.8. The maximum absolute atomic E-state index is 11.6. The van der Waals surface area contributed by atoms with E-state index in [4.69, 9.17) is 14.6 Å². The molecular weight excluding hydrogens is 252 g/mol. The topological polar surface area (TPSA) is 112 Å². The number of carboxylic acid groups (broad SMARTS) is 1. The number of nitrogens with one attached hydrogen (secondary N) is 2. The van der Waals surface area contributed by atoms with Crippen molar-refractivity contribution in [1.29, 1.82) is 0 Å². The SMILES string of the molecule is Cc1ccc(C(C)NC(=O)N[C@H](CCO)C(=O)O)o1. The number of aliphatic carboxylic acids is 1. The average molecular weight is 270 g/mol. The largest absolute Gasteiger partial charge is 0.480 e. The Morgan fingerprint density at radius 3 is 2.53 bits per heavy atom. The molecule has 19 heavy (non-hydrogen) atoms. The van der Waals surface area contributed by atoms with Crippen LogP contribution in [0.15, 0.2) is 16.5 Å². The molecule has 7 nitrogen and oxygen atoms in total. The summed E-state index contributed by atoms with van der Waals surface area (Å²) in [5.41, 5.74) is 0. The maximum atomic E-state index is 11.6. The van der Waals surface area contributed by atoms with Gasteiger partial charge < -0.3 is 25.3 Å². The van der Waals surface area contributed by atoms with Crippen LogP contribution in [0.5, 0.6) is 0 Å². The van der Waals surface area contributed by atoms with Crippen molar-refractivity contribution >= 4 is 12.0 Å². The van der Waals surface area contributed by atoms with Gasteiger partial charge in [0.15, 0.2) is 0 Å². The lowest BCUT2D eigenvalue weighted by Crippen LogP contribution is -2.46. The van der Waals surface area contributed by atoms with Crippen LogP contribution in [0.3, 0.4) is 0 Å². The molecule has 1 aromatic rings. The zero-order valence-electron chi connectivity index (χ0n) is 10.8. The molecule has 0 saturated heterocycles. The summed E-state index contributed by atoms with van der Waals surface area (Å²) >= 11 is 0. The van der Waals surface area contributed by atoms with Crippen LogP contribution in [0.1, 0.15) is 30.9 Å². The van der Waals surface area contributed by atoms with Gasteiger partial charge in [0.2, 0.25) is 0 Å². The van der Waals surface area contributed by atoms with Crippen LogP contribution in [-0.4, -0.2) is 34.9 Å². The number of carbonyl (C=O) groups excluding carboxylic acids is 1. The molecule has 1 heterocycles. The number of carboxylic acids is 1. The van der Waals surface area contributed by atoms with Crippen molar-refractivity contribution in [2.24, 2.45) is 0 Å². The van der Waals surface area contributed by atoms with Crippen molar-refractivity contribution in [2.45, 2.75) is 32.4 Å². The Balaban J connectivity index is 2.52. The van der Waals surface area contributed by atoms with E-state index in [9.17, 15) is 9.59 Å².